The Morgan fingerprint density at radius 2 is 1.87 bits per heavy atom. The lowest BCUT2D eigenvalue weighted by atomic mass is 10.2. The number of hydrogen-bond donors (Lipinski definition) is 0. The number of aryl methyl sites for hydroxylation is 1. The Kier molecular flexibility index (Phi) is 3.07. The van der Waals surface area contributed by atoms with Crippen LogP contribution in [0.2, 0.25) is 0 Å². The van der Waals surface area contributed by atoms with Gasteiger partial charge in [0.2, 0.25) is 0 Å². The lowest BCUT2D eigenvalue weighted by Crippen LogP contribution is -2.43. The van der Waals surface area contributed by atoms with Crippen molar-refractivity contribution >= 4 is 0 Å². The Labute approximate surface area is 91.5 Å². The molecule has 0 atom stereocenters. The molecule has 84 valence electrons. The molecular formula is C11H20N4. The van der Waals surface area contributed by atoms with Gasteiger partial charge >= 0.3 is 0 Å². The fourth-order valence-electron chi connectivity index (χ4n) is 1.95. The molecule has 1 aliphatic heterocycles. The van der Waals surface area contributed by atoms with Gasteiger partial charge in [-0.15, -0.1) is 0 Å². The van der Waals surface area contributed by atoms with E-state index in [-0.39, 0.29) is 0 Å². The summed E-state index contributed by atoms with van der Waals surface area (Å²) >= 11 is 0. The van der Waals surface area contributed by atoms with Gasteiger partial charge in [-0.1, -0.05) is 0 Å². The highest BCUT2D eigenvalue weighted by atomic mass is 15.3. The van der Waals surface area contributed by atoms with Gasteiger partial charge in [0, 0.05) is 51.0 Å². The van der Waals surface area contributed by atoms with Crippen molar-refractivity contribution in [3.63, 3.8) is 0 Å². The zero-order chi connectivity index (χ0) is 10.8. The van der Waals surface area contributed by atoms with E-state index < -0.39 is 0 Å². The van der Waals surface area contributed by atoms with Gasteiger partial charge in [-0.05, 0) is 14.0 Å². The van der Waals surface area contributed by atoms with Gasteiger partial charge in [0.15, 0.2) is 0 Å². The second kappa shape index (κ2) is 4.33. The Morgan fingerprint density at radius 3 is 2.40 bits per heavy atom. The molecule has 0 radical (unpaired) electrons. The highest BCUT2D eigenvalue weighted by molar-refractivity contribution is 5.15. The Hall–Kier alpha value is -0.870. The fraction of sp³-hybridized carbons (Fsp3) is 0.727. The van der Waals surface area contributed by atoms with Crippen LogP contribution in [-0.2, 0) is 13.6 Å². The first-order chi connectivity index (χ1) is 7.16. The summed E-state index contributed by atoms with van der Waals surface area (Å²) in [5.74, 6) is 0. The monoisotopic (exact) mass is 208 g/mol. The van der Waals surface area contributed by atoms with E-state index in [1.54, 1.807) is 0 Å². The molecule has 2 rings (SSSR count). The van der Waals surface area contributed by atoms with E-state index in [0.29, 0.717) is 0 Å². The van der Waals surface area contributed by atoms with E-state index in [9.17, 15) is 0 Å². The molecule has 0 N–H and O–H groups in total. The molecule has 2 heterocycles. The molecular weight excluding hydrogens is 188 g/mol. The maximum Gasteiger partial charge on any atom is 0.0537 e. The lowest BCUT2D eigenvalue weighted by molar-refractivity contribution is 0.148. The molecule has 1 fully saturated rings. The minimum atomic E-state index is 1.05. The molecule has 0 amide bonds. The molecule has 4 nitrogen and oxygen atoms in total. The fourth-order valence-corrected chi connectivity index (χ4v) is 1.95. The number of nitrogens with zero attached hydrogens (tertiary/aromatic N) is 4. The highest BCUT2D eigenvalue weighted by Crippen LogP contribution is 2.10. The van der Waals surface area contributed by atoms with Gasteiger partial charge < -0.3 is 4.90 Å². The summed E-state index contributed by atoms with van der Waals surface area (Å²) in [7, 11) is 4.19. The van der Waals surface area contributed by atoms with Crippen LogP contribution in [0.4, 0.5) is 0 Å². The Bertz CT molecular complexity index is 323. The molecule has 0 unspecified atom stereocenters. The average molecular weight is 208 g/mol. The third-order valence-electron chi connectivity index (χ3n) is 3.33. The summed E-state index contributed by atoms with van der Waals surface area (Å²) < 4.78 is 1.95. The number of rotatable bonds is 2. The van der Waals surface area contributed by atoms with Crippen molar-refractivity contribution in [2.75, 3.05) is 33.2 Å². The van der Waals surface area contributed by atoms with Crippen LogP contribution in [0.25, 0.3) is 0 Å². The molecule has 1 aromatic rings. The van der Waals surface area contributed by atoms with E-state index in [0.717, 1.165) is 6.54 Å². The normalized spacial score (nSPS) is 19.7. The predicted molar refractivity (Wildman–Crippen MR) is 60.7 cm³/mol. The third kappa shape index (κ3) is 2.38. The molecule has 0 aromatic carbocycles. The van der Waals surface area contributed by atoms with Gasteiger partial charge in [-0.3, -0.25) is 9.58 Å². The molecule has 0 saturated carbocycles. The van der Waals surface area contributed by atoms with E-state index in [1.165, 1.54) is 37.4 Å². The van der Waals surface area contributed by atoms with Crippen LogP contribution in [0.1, 0.15) is 11.3 Å². The van der Waals surface area contributed by atoms with Crippen molar-refractivity contribution in [1.82, 2.24) is 19.6 Å². The smallest absolute Gasteiger partial charge is 0.0537 e. The molecule has 0 aliphatic carbocycles. The summed E-state index contributed by atoms with van der Waals surface area (Å²) in [5, 5.41) is 4.28. The molecule has 1 aliphatic rings. The van der Waals surface area contributed by atoms with Crippen molar-refractivity contribution in [2.24, 2.45) is 7.05 Å². The first-order valence-electron chi connectivity index (χ1n) is 5.55. The minimum Gasteiger partial charge on any atom is -0.304 e. The molecule has 0 spiro atoms. The SMILES string of the molecule is Cc1c(CN2CCN(C)CC2)cnn1C. The van der Waals surface area contributed by atoms with Gasteiger partial charge in [0.05, 0.1) is 6.20 Å². The van der Waals surface area contributed by atoms with Crippen LogP contribution in [0.15, 0.2) is 6.20 Å². The Morgan fingerprint density at radius 1 is 1.20 bits per heavy atom. The van der Waals surface area contributed by atoms with Crippen molar-refractivity contribution in [3.05, 3.63) is 17.5 Å². The van der Waals surface area contributed by atoms with E-state index in [1.807, 2.05) is 17.9 Å². The molecule has 0 bridgehead atoms. The predicted octanol–water partition coefficient (Wildman–Crippen LogP) is 0.476. The number of piperazine rings is 1. The number of aromatic nitrogens is 2. The maximum atomic E-state index is 4.28. The van der Waals surface area contributed by atoms with E-state index in [4.69, 9.17) is 0 Å². The van der Waals surface area contributed by atoms with E-state index >= 15 is 0 Å². The van der Waals surface area contributed by atoms with Crippen LogP contribution in [-0.4, -0.2) is 52.8 Å². The van der Waals surface area contributed by atoms with Crippen LogP contribution in [0.3, 0.4) is 0 Å². The molecule has 15 heavy (non-hydrogen) atoms. The topological polar surface area (TPSA) is 24.3 Å². The number of hydrogen-bond acceptors (Lipinski definition) is 3. The van der Waals surface area contributed by atoms with Crippen LogP contribution >= 0.6 is 0 Å². The standard InChI is InChI=1S/C11H20N4/c1-10-11(8-12-14(10)3)9-15-6-4-13(2)5-7-15/h8H,4-7,9H2,1-3H3. The quantitative estimate of drug-likeness (QED) is 0.706. The summed E-state index contributed by atoms with van der Waals surface area (Å²) in [6.07, 6.45) is 1.99. The molecule has 1 saturated heterocycles. The van der Waals surface area contributed by atoms with Crippen molar-refractivity contribution in [3.8, 4) is 0 Å². The Balaban J connectivity index is 1.94. The van der Waals surface area contributed by atoms with Gasteiger partial charge in [-0.25, -0.2) is 0 Å². The van der Waals surface area contributed by atoms with Gasteiger partial charge in [0.25, 0.3) is 0 Å². The van der Waals surface area contributed by atoms with Gasteiger partial charge in [-0.2, -0.15) is 5.10 Å². The van der Waals surface area contributed by atoms with Crippen molar-refractivity contribution in [1.29, 1.82) is 0 Å². The van der Waals surface area contributed by atoms with Crippen LogP contribution in [0, 0.1) is 6.92 Å². The highest BCUT2D eigenvalue weighted by Gasteiger charge is 2.15. The summed E-state index contributed by atoms with van der Waals surface area (Å²) in [6.45, 7) is 7.89. The first kappa shape index (κ1) is 10.6. The third-order valence-corrected chi connectivity index (χ3v) is 3.33. The number of likely N-dealkylation sites (N-methyl/N-ethyl adjacent to an activating group) is 1. The second-order valence-electron chi connectivity index (χ2n) is 4.46. The second-order valence-corrected chi connectivity index (χ2v) is 4.46. The largest absolute Gasteiger partial charge is 0.304 e. The minimum absolute atomic E-state index is 1.05. The first-order valence-corrected chi connectivity index (χ1v) is 5.55. The van der Waals surface area contributed by atoms with Crippen LogP contribution < -0.4 is 0 Å². The zero-order valence-electron chi connectivity index (χ0n) is 9.90. The maximum absolute atomic E-state index is 4.28. The van der Waals surface area contributed by atoms with Crippen molar-refractivity contribution in [2.45, 2.75) is 13.5 Å². The molecule has 4 heteroatoms. The lowest BCUT2D eigenvalue weighted by Gasteiger charge is -2.32. The zero-order valence-corrected chi connectivity index (χ0v) is 9.90. The van der Waals surface area contributed by atoms with Crippen LogP contribution in [0.5, 0.6) is 0 Å². The van der Waals surface area contributed by atoms with Crippen molar-refractivity contribution < 1.29 is 0 Å². The summed E-state index contributed by atoms with van der Waals surface area (Å²) in [6, 6.07) is 0. The molecule has 1 aromatic heterocycles. The van der Waals surface area contributed by atoms with Gasteiger partial charge in [0.1, 0.15) is 0 Å². The summed E-state index contributed by atoms with van der Waals surface area (Å²) in [5.41, 5.74) is 2.65. The summed E-state index contributed by atoms with van der Waals surface area (Å²) in [4.78, 5) is 4.89. The van der Waals surface area contributed by atoms with E-state index in [2.05, 4.69) is 28.9 Å². The average Bonchev–Trinajstić information content (AvgIpc) is 2.53.